The monoisotopic (exact) mass is 219 g/mol. The Kier molecular flexibility index (Phi) is 2.72. The van der Waals surface area contributed by atoms with Crippen LogP contribution < -0.4 is 5.73 Å². The Hall–Kier alpha value is -2.11. The summed E-state index contributed by atoms with van der Waals surface area (Å²) in [5.41, 5.74) is 6.65. The highest BCUT2D eigenvalue weighted by atomic mass is 16.3. The molecule has 0 spiro atoms. The molecule has 2 aromatic rings. The SMILES string of the molecule is CCCn1nnc(-c2ccc(O)c(N)c2)n1. The van der Waals surface area contributed by atoms with Gasteiger partial charge in [0.15, 0.2) is 0 Å². The van der Waals surface area contributed by atoms with Gasteiger partial charge in [0.05, 0.1) is 12.2 Å². The summed E-state index contributed by atoms with van der Waals surface area (Å²) in [6.45, 7) is 2.78. The second-order valence-corrected chi connectivity index (χ2v) is 3.48. The maximum Gasteiger partial charge on any atom is 0.204 e. The van der Waals surface area contributed by atoms with Crippen molar-refractivity contribution < 1.29 is 5.11 Å². The second kappa shape index (κ2) is 4.18. The van der Waals surface area contributed by atoms with E-state index in [2.05, 4.69) is 15.4 Å². The van der Waals surface area contributed by atoms with Crippen LogP contribution in [0.15, 0.2) is 18.2 Å². The first kappa shape index (κ1) is 10.4. The molecule has 0 saturated heterocycles. The van der Waals surface area contributed by atoms with Gasteiger partial charge < -0.3 is 10.8 Å². The summed E-state index contributed by atoms with van der Waals surface area (Å²) in [5, 5.41) is 21.3. The van der Waals surface area contributed by atoms with Gasteiger partial charge in [0.1, 0.15) is 5.75 Å². The lowest BCUT2D eigenvalue weighted by Gasteiger charge is -1.99. The van der Waals surface area contributed by atoms with E-state index in [9.17, 15) is 5.11 Å². The van der Waals surface area contributed by atoms with Crippen LogP contribution in [0.3, 0.4) is 0 Å². The second-order valence-electron chi connectivity index (χ2n) is 3.48. The zero-order valence-corrected chi connectivity index (χ0v) is 8.96. The number of nitrogens with zero attached hydrogens (tertiary/aromatic N) is 4. The fraction of sp³-hybridized carbons (Fsp3) is 0.300. The molecule has 2 rings (SSSR count). The van der Waals surface area contributed by atoms with Gasteiger partial charge in [-0.25, -0.2) is 0 Å². The van der Waals surface area contributed by atoms with Crippen LogP contribution in [0.5, 0.6) is 5.75 Å². The lowest BCUT2D eigenvalue weighted by Crippen LogP contribution is -2.00. The van der Waals surface area contributed by atoms with Crippen molar-refractivity contribution in [2.24, 2.45) is 0 Å². The largest absolute Gasteiger partial charge is 0.506 e. The highest BCUT2D eigenvalue weighted by molar-refractivity contribution is 5.65. The quantitative estimate of drug-likeness (QED) is 0.594. The van der Waals surface area contributed by atoms with Crippen LogP contribution in [0.4, 0.5) is 5.69 Å². The average Bonchev–Trinajstić information content (AvgIpc) is 2.71. The summed E-state index contributed by atoms with van der Waals surface area (Å²) in [4.78, 5) is 1.54. The fourth-order valence-electron chi connectivity index (χ4n) is 1.35. The van der Waals surface area contributed by atoms with E-state index in [1.807, 2.05) is 6.92 Å². The number of anilines is 1. The number of hydrogen-bond acceptors (Lipinski definition) is 5. The van der Waals surface area contributed by atoms with Crippen molar-refractivity contribution in [1.29, 1.82) is 0 Å². The van der Waals surface area contributed by atoms with Crippen LogP contribution in [0.2, 0.25) is 0 Å². The predicted molar refractivity (Wildman–Crippen MR) is 59.6 cm³/mol. The maximum atomic E-state index is 9.29. The maximum absolute atomic E-state index is 9.29. The molecule has 0 aliphatic rings. The minimum atomic E-state index is 0.0599. The Labute approximate surface area is 92.7 Å². The van der Waals surface area contributed by atoms with E-state index in [0.29, 0.717) is 11.5 Å². The third-order valence-electron chi connectivity index (χ3n) is 2.16. The first-order valence-electron chi connectivity index (χ1n) is 5.07. The number of nitrogens with two attached hydrogens (primary N) is 1. The summed E-state index contributed by atoms with van der Waals surface area (Å²) in [6, 6.07) is 4.85. The van der Waals surface area contributed by atoms with Crippen molar-refractivity contribution in [2.75, 3.05) is 5.73 Å². The first-order valence-corrected chi connectivity index (χ1v) is 5.07. The van der Waals surface area contributed by atoms with Crippen LogP contribution in [0.1, 0.15) is 13.3 Å². The normalized spacial score (nSPS) is 10.6. The van der Waals surface area contributed by atoms with E-state index in [1.54, 1.807) is 16.9 Å². The minimum absolute atomic E-state index is 0.0599. The summed E-state index contributed by atoms with van der Waals surface area (Å²) in [7, 11) is 0. The van der Waals surface area contributed by atoms with Gasteiger partial charge in [-0.3, -0.25) is 0 Å². The van der Waals surface area contributed by atoms with Gasteiger partial charge in [0.2, 0.25) is 5.82 Å². The number of nitrogen functional groups attached to an aromatic ring is 1. The number of phenols is 1. The molecule has 0 radical (unpaired) electrons. The van der Waals surface area contributed by atoms with Crippen molar-refractivity contribution in [3.63, 3.8) is 0 Å². The number of aryl methyl sites for hydroxylation is 1. The van der Waals surface area contributed by atoms with Crippen LogP contribution in [-0.4, -0.2) is 25.3 Å². The Morgan fingerprint density at radius 1 is 1.44 bits per heavy atom. The topological polar surface area (TPSA) is 89.8 Å². The number of aromatic nitrogens is 4. The third-order valence-corrected chi connectivity index (χ3v) is 2.16. The van der Waals surface area contributed by atoms with E-state index in [-0.39, 0.29) is 5.75 Å². The van der Waals surface area contributed by atoms with Gasteiger partial charge in [0.25, 0.3) is 0 Å². The molecule has 1 aromatic heterocycles. The molecule has 1 aromatic carbocycles. The van der Waals surface area contributed by atoms with Crippen molar-refractivity contribution in [2.45, 2.75) is 19.9 Å². The van der Waals surface area contributed by atoms with Crippen molar-refractivity contribution in [3.05, 3.63) is 18.2 Å². The Morgan fingerprint density at radius 3 is 2.94 bits per heavy atom. The molecule has 6 heteroatoms. The Bertz CT molecular complexity index is 494. The third kappa shape index (κ3) is 1.95. The highest BCUT2D eigenvalue weighted by Gasteiger charge is 2.07. The highest BCUT2D eigenvalue weighted by Crippen LogP contribution is 2.24. The van der Waals surface area contributed by atoms with Crippen LogP contribution >= 0.6 is 0 Å². The summed E-state index contributed by atoms with van der Waals surface area (Å²) < 4.78 is 0. The zero-order chi connectivity index (χ0) is 11.5. The molecule has 0 aliphatic heterocycles. The summed E-state index contributed by atoms with van der Waals surface area (Å²) in [5.74, 6) is 0.574. The van der Waals surface area contributed by atoms with Crippen molar-refractivity contribution in [1.82, 2.24) is 20.2 Å². The molecule has 3 N–H and O–H groups in total. The van der Waals surface area contributed by atoms with Gasteiger partial charge in [-0.1, -0.05) is 6.92 Å². The molecule has 0 unspecified atom stereocenters. The standard InChI is InChI=1S/C10H13N5O/c1-2-5-15-13-10(12-14-15)7-3-4-9(16)8(11)6-7/h3-4,6,16H,2,5,11H2,1H3. The average molecular weight is 219 g/mol. The van der Waals surface area contributed by atoms with Crippen LogP contribution in [0, 0.1) is 0 Å². The molecule has 84 valence electrons. The molecule has 6 nitrogen and oxygen atoms in total. The van der Waals surface area contributed by atoms with Gasteiger partial charge in [-0.05, 0) is 29.8 Å². The number of tetrazole rings is 1. The molecule has 0 fully saturated rings. The fourth-order valence-corrected chi connectivity index (χ4v) is 1.35. The van der Waals surface area contributed by atoms with Gasteiger partial charge in [0, 0.05) is 5.56 Å². The number of phenolic OH excluding ortho intramolecular Hbond substituents is 1. The van der Waals surface area contributed by atoms with Gasteiger partial charge >= 0.3 is 0 Å². The van der Waals surface area contributed by atoms with Crippen LogP contribution in [0.25, 0.3) is 11.4 Å². The van der Waals surface area contributed by atoms with E-state index >= 15 is 0 Å². The number of benzene rings is 1. The van der Waals surface area contributed by atoms with E-state index < -0.39 is 0 Å². The van der Waals surface area contributed by atoms with E-state index in [1.165, 1.54) is 6.07 Å². The van der Waals surface area contributed by atoms with Crippen LogP contribution in [-0.2, 0) is 6.54 Å². The number of rotatable bonds is 3. The zero-order valence-electron chi connectivity index (χ0n) is 8.96. The minimum Gasteiger partial charge on any atom is -0.506 e. The lowest BCUT2D eigenvalue weighted by molar-refractivity contribution is 0.478. The Morgan fingerprint density at radius 2 is 2.25 bits per heavy atom. The molecule has 0 amide bonds. The number of hydrogen-bond donors (Lipinski definition) is 2. The van der Waals surface area contributed by atoms with Gasteiger partial charge in [-0.15, -0.1) is 10.2 Å². The van der Waals surface area contributed by atoms with E-state index in [4.69, 9.17) is 5.73 Å². The number of aromatic hydroxyl groups is 1. The smallest absolute Gasteiger partial charge is 0.204 e. The van der Waals surface area contributed by atoms with Crippen molar-refractivity contribution >= 4 is 5.69 Å². The molecular formula is C10H13N5O. The Balaban J connectivity index is 2.31. The predicted octanol–water partition coefficient (Wildman–Crippen LogP) is 1.04. The van der Waals surface area contributed by atoms with Crippen molar-refractivity contribution in [3.8, 4) is 17.1 Å². The molecule has 0 atom stereocenters. The van der Waals surface area contributed by atoms with Gasteiger partial charge in [-0.2, -0.15) is 4.80 Å². The molecular weight excluding hydrogens is 206 g/mol. The molecule has 0 saturated carbocycles. The summed E-state index contributed by atoms with van der Waals surface area (Å²) >= 11 is 0. The lowest BCUT2D eigenvalue weighted by atomic mass is 10.2. The molecule has 0 bridgehead atoms. The molecule has 16 heavy (non-hydrogen) atoms. The molecule has 0 aliphatic carbocycles. The summed E-state index contributed by atoms with van der Waals surface area (Å²) in [6.07, 6.45) is 0.952. The molecule has 1 heterocycles. The first-order chi connectivity index (χ1) is 7.70. The van der Waals surface area contributed by atoms with E-state index in [0.717, 1.165) is 18.5 Å².